The highest BCUT2D eigenvalue weighted by atomic mass is 32.2. The molecule has 2 amide bonds. The normalized spacial score (nSPS) is 18.5. The molecule has 8 nitrogen and oxygen atoms in total. The lowest BCUT2D eigenvalue weighted by molar-refractivity contribution is -0.124. The highest BCUT2D eigenvalue weighted by Gasteiger charge is 2.40. The minimum absolute atomic E-state index is 0.0937. The molecule has 0 aromatic heterocycles. The quantitative estimate of drug-likeness (QED) is 0.621. The molecule has 2 N–H and O–H groups in total. The van der Waals surface area contributed by atoms with E-state index in [1.807, 2.05) is 30.3 Å². The summed E-state index contributed by atoms with van der Waals surface area (Å²) in [5, 5.41) is 5.58. The monoisotopic (exact) mass is 457 g/mol. The van der Waals surface area contributed by atoms with Crippen LogP contribution in [-0.4, -0.2) is 50.3 Å². The minimum atomic E-state index is -3.90. The van der Waals surface area contributed by atoms with Crippen molar-refractivity contribution < 1.29 is 22.7 Å². The fraction of sp³-hybridized carbons (Fsp3) is 0.391. The molecule has 1 saturated heterocycles. The number of benzene rings is 2. The van der Waals surface area contributed by atoms with Crippen LogP contribution >= 0.6 is 0 Å². The first kappa shape index (κ1) is 22.3. The molecule has 0 saturated carbocycles. The van der Waals surface area contributed by atoms with Gasteiger partial charge in [-0.2, -0.15) is 4.31 Å². The van der Waals surface area contributed by atoms with Gasteiger partial charge in [-0.3, -0.25) is 9.59 Å². The number of nitrogens with one attached hydrogen (secondary N) is 2. The molecular formula is C23H27N3O5S. The molecule has 2 heterocycles. The van der Waals surface area contributed by atoms with Crippen LogP contribution < -0.4 is 15.4 Å². The number of sulfonamides is 1. The number of fused-ring (bicyclic) bond motifs is 1. The first-order chi connectivity index (χ1) is 15.4. The summed E-state index contributed by atoms with van der Waals surface area (Å²) >= 11 is 0. The Morgan fingerprint density at radius 2 is 2.03 bits per heavy atom. The summed E-state index contributed by atoms with van der Waals surface area (Å²) < 4.78 is 33.6. The topological polar surface area (TPSA) is 105 Å². The van der Waals surface area contributed by atoms with Crippen molar-refractivity contribution in [2.45, 2.75) is 43.5 Å². The molecule has 1 atom stereocenters. The molecule has 0 aliphatic carbocycles. The van der Waals surface area contributed by atoms with E-state index < -0.39 is 16.1 Å². The van der Waals surface area contributed by atoms with Crippen LogP contribution in [0.25, 0.3) is 0 Å². The van der Waals surface area contributed by atoms with Crippen molar-refractivity contribution in [1.82, 2.24) is 9.62 Å². The first-order valence-corrected chi connectivity index (χ1v) is 12.2. The zero-order valence-corrected chi connectivity index (χ0v) is 18.8. The Bertz CT molecular complexity index is 1120. The van der Waals surface area contributed by atoms with Crippen molar-refractivity contribution >= 4 is 27.5 Å². The van der Waals surface area contributed by atoms with Gasteiger partial charge >= 0.3 is 0 Å². The molecule has 2 aliphatic rings. The number of nitrogens with zero attached hydrogens (tertiary/aromatic N) is 1. The van der Waals surface area contributed by atoms with E-state index in [4.69, 9.17) is 4.74 Å². The van der Waals surface area contributed by atoms with Gasteiger partial charge in [-0.1, -0.05) is 30.3 Å². The number of anilines is 1. The van der Waals surface area contributed by atoms with Gasteiger partial charge in [-0.05, 0) is 49.8 Å². The van der Waals surface area contributed by atoms with Gasteiger partial charge in [0.15, 0.2) is 6.61 Å². The average molecular weight is 458 g/mol. The largest absolute Gasteiger partial charge is 0.482 e. The van der Waals surface area contributed by atoms with Gasteiger partial charge < -0.3 is 15.4 Å². The summed E-state index contributed by atoms with van der Waals surface area (Å²) in [5.41, 5.74) is 2.14. The average Bonchev–Trinajstić information content (AvgIpc) is 3.28. The van der Waals surface area contributed by atoms with Crippen LogP contribution in [0.1, 0.15) is 30.4 Å². The van der Waals surface area contributed by atoms with E-state index in [1.165, 1.54) is 15.9 Å². The Hall–Kier alpha value is -2.91. The number of carbonyl (C=O) groups excluding carboxylic acids is 2. The molecule has 2 aliphatic heterocycles. The van der Waals surface area contributed by atoms with Crippen molar-refractivity contribution in [3.05, 3.63) is 53.6 Å². The molecule has 1 fully saturated rings. The predicted molar refractivity (Wildman–Crippen MR) is 120 cm³/mol. The molecule has 2 aromatic carbocycles. The summed E-state index contributed by atoms with van der Waals surface area (Å²) in [6.07, 6.45) is 2.74. The van der Waals surface area contributed by atoms with Gasteiger partial charge in [-0.15, -0.1) is 0 Å². The van der Waals surface area contributed by atoms with Gasteiger partial charge in [0.25, 0.3) is 5.91 Å². The second kappa shape index (κ2) is 9.30. The first-order valence-electron chi connectivity index (χ1n) is 10.8. The number of ether oxygens (including phenoxy) is 1. The van der Waals surface area contributed by atoms with Gasteiger partial charge in [0.05, 0.1) is 10.6 Å². The SMILES string of the molecule is Cc1cc2c(cc1S(=O)(=O)N1CCC[C@H]1C(=O)NCCCc1ccccc1)OCC(=O)N2. The molecule has 0 bridgehead atoms. The molecule has 170 valence electrons. The van der Waals surface area contributed by atoms with E-state index in [9.17, 15) is 18.0 Å². The van der Waals surface area contributed by atoms with Crippen molar-refractivity contribution in [2.75, 3.05) is 25.0 Å². The van der Waals surface area contributed by atoms with E-state index >= 15 is 0 Å². The van der Waals surface area contributed by atoms with Crippen molar-refractivity contribution in [3.8, 4) is 5.75 Å². The highest BCUT2D eigenvalue weighted by Crippen LogP contribution is 2.35. The van der Waals surface area contributed by atoms with Gasteiger partial charge in [0, 0.05) is 19.2 Å². The Balaban J connectivity index is 1.44. The number of amides is 2. The highest BCUT2D eigenvalue weighted by molar-refractivity contribution is 7.89. The van der Waals surface area contributed by atoms with Gasteiger partial charge in [0.1, 0.15) is 11.8 Å². The second-order valence-corrected chi connectivity index (χ2v) is 9.96. The van der Waals surface area contributed by atoms with Crippen molar-refractivity contribution in [2.24, 2.45) is 0 Å². The molecule has 0 radical (unpaired) electrons. The number of rotatable bonds is 7. The zero-order chi connectivity index (χ0) is 22.7. The summed E-state index contributed by atoms with van der Waals surface area (Å²) in [7, 11) is -3.90. The van der Waals surface area contributed by atoms with Gasteiger partial charge in [-0.25, -0.2) is 8.42 Å². The summed E-state index contributed by atoms with van der Waals surface area (Å²) in [6.45, 7) is 2.29. The number of aryl methyl sites for hydroxylation is 2. The minimum Gasteiger partial charge on any atom is -0.482 e. The Morgan fingerprint density at radius 3 is 2.81 bits per heavy atom. The fourth-order valence-electron chi connectivity index (χ4n) is 4.18. The maximum absolute atomic E-state index is 13.4. The smallest absolute Gasteiger partial charge is 0.262 e. The zero-order valence-electron chi connectivity index (χ0n) is 18.0. The van der Waals surface area contributed by atoms with E-state index in [0.29, 0.717) is 42.9 Å². The van der Waals surface area contributed by atoms with Crippen LogP contribution in [0.4, 0.5) is 5.69 Å². The molecule has 0 spiro atoms. The lowest BCUT2D eigenvalue weighted by Gasteiger charge is -2.26. The Morgan fingerprint density at radius 1 is 1.25 bits per heavy atom. The molecule has 2 aromatic rings. The third kappa shape index (κ3) is 4.63. The second-order valence-electron chi connectivity index (χ2n) is 8.10. The van der Waals surface area contributed by atoms with Crippen molar-refractivity contribution in [3.63, 3.8) is 0 Å². The third-order valence-electron chi connectivity index (χ3n) is 5.79. The van der Waals surface area contributed by atoms with E-state index in [-0.39, 0.29) is 23.3 Å². The van der Waals surface area contributed by atoms with Crippen LogP contribution in [0.2, 0.25) is 0 Å². The Kier molecular flexibility index (Phi) is 6.48. The number of carbonyl (C=O) groups is 2. The molecule has 0 unspecified atom stereocenters. The lowest BCUT2D eigenvalue weighted by Crippen LogP contribution is -2.46. The maximum Gasteiger partial charge on any atom is 0.262 e. The van der Waals surface area contributed by atoms with E-state index in [1.54, 1.807) is 13.0 Å². The van der Waals surface area contributed by atoms with E-state index in [0.717, 1.165) is 12.8 Å². The van der Waals surface area contributed by atoms with Crippen LogP contribution in [-0.2, 0) is 26.0 Å². The third-order valence-corrected chi connectivity index (χ3v) is 7.84. The van der Waals surface area contributed by atoms with Crippen molar-refractivity contribution in [1.29, 1.82) is 0 Å². The molecule has 4 rings (SSSR count). The van der Waals surface area contributed by atoms with Crippen LogP contribution in [0, 0.1) is 6.92 Å². The molecular weight excluding hydrogens is 430 g/mol. The molecule has 9 heteroatoms. The lowest BCUT2D eigenvalue weighted by atomic mass is 10.1. The fourth-order valence-corrected chi connectivity index (χ4v) is 6.06. The summed E-state index contributed by atoms with van der Waals surface area (Å²) in [4.78, 5) is 24.4. The number of hydrogen-bond acceptors (Lipinski definition) is 5. The summed E-state index contributed by atoms with van der Waals surface area (Å²) in [6, 6.07) is 12.3. The van der Waals surface area contributed by atoms with Crippen LogP contribution in [0.3, 0.4) is 0 Å². The standard InChI is InChI=1S/C23H27N3O5S/c1-16-13-18-20(31-15-22(27)25-18)14-21(16)32(29,30)26-12-6-10-19(26)23(28)24-11-5-9-17-7-3-2-4-8-17/h2-4,7-8,13-14,19H,5-6,9-12,15H2,1H3,(H,24,28)(H,25,27)/t19-/m0/s1. The maximum atomic E-state index is 13.4. The van der Waals surface area contributed by atoms with Crippen LogP contribution in [0.15, 0.2) is 47.4 Å². The Labute approximate surface area is 188 Å². The van der Waals surface area contributed by atoms with Crippen LogP contribution in [0.5, 0.6) is 5.75 Å². The molecule has 32 heavy (non-hydrogen) atoms. The summed E-state index contributed by atoms with van der Waals surface area (Å²) in [5.74, 6) is -0.232. The van der Waals surface area contributed by atoms with Gasteiger partial charge in [0.2, 0.25) is 15.9 Å². The number of hydrogen-bond donors (Lipinski definition) is 2. The predicted octanol–water partition coefficient (Wildman–Crippen LogP) is 2.23. The van der Waals surface area contributed by atoms with E-state index in [2.05, 4.69) is 10.6 Å².